The maximum Gasteiger partial charge on any atom is 0.228 e. The van der Waals surface area contributed by atoms with Crippen molar-refractivity contribution in [2.45, 2.75) is 19.3 Å². The smallest absolute Gasteiger partial charge is 0.228 e. The summed E-state index contributed by atoms with van der Waals surface area (Å²) < 4.78 is 13.1. The highest BCUT2D eigenvalue weighted by Gasteiger charge is 2.35. The molecule has 0 saturated heterocycles. The van der Waals surface area contributed by atoms with E-state index in [1.165, 1.54) is 33.4 Å². The lowest BCUT2D eigenvalue weighted by atomic mass is 9.82. The van der Waals surface area contributed by atoms with Gasteiger partial charge in [0.2, 0.25) is 5.89 Å². The van der Waals surface area contributed by atoms with Gasteiger partial charge in [0.1, 0.15) is 16.7 Å². The summed E-state index contributed by atoms with van der Waals surface area (Å²) >= 11 is 0. The number of oxazole rings is 1. The largest absolute Gasteiger partial charge is 0.456 e. The first-order valence-corrected chi connectivity index (χ1v) is 18.5. The Morgan fingerprint density at radius 3 is 2.06 bits per heavy atom. The van der Waals surface area contributed by atoms with E-state index in [4.69, 9.17) is 13.8 Å². The van der Waals surface area contributed by atoms with Crippen molar-refractivity contribution in [3.8, 4) is 33.7 Å². The summed E-state index contributed by atoms with van der Waals surface area (Å²) in [6.07, 6.45) is 0. The molecule has 0 spiro atoms. The van der Waals surface area contributed by atoms with Gasteiger partial charge in [0.05, 0.1) is 0 Å². The molecular weight excluding hydrogens is 661 g/mol. The Kier molecular flexibility index (Phi) is 6.56. The average Bonchev–Trinajstić information content (AvgIpc) is 3.89. The van der Waals surface area contributed by atoms with Crippen LogP contribution in [0.5, 0.6) is 0 Å². The van der Waals surface area contributed by atoms with Gasteiger partial charge in [-0.1, -0.05) is 123 Å². The molecule has 8 aromatic carbocycles. The number of hydrogen-bond acceptors (Lipinski definition) is 4. The third-order valence-corrected chi connectivity index (χ3v) is 11.3. The fourth-order valence-electron chi connectivity index (χ4n) is 8.62. The van der Waals surface area contributed by atoms with Crippen LogP contribution in [0.15, 0.2) is 179 Å². The predicted molar refractivity (Wildman–Crippen MR) is 222 cm³/mol. The van der Waals surface area contributed by atoms with Gasteiger partial charge in [0.25, 0.3) is 0 Å². The minimum Gasteiger partial charge on any atom is -0.456 e. The van der Waals surface area contributed by atoms with Gasteiger partial charge in [0, 0.05) is 50.3 Å². The number of nitrogens with zero attached hydrogens (tertiary/aromatic N) is 2. The number of furan rings is 1. The first-order valence-electron chi connectivity index (χ1n) is 18.5. The zero-order valence-corrected chi connectivity index (χ0v) is 29.9. The topological polar surface area (TPSA) is 42.4 Å². The summed E-state index contributed by atoms with van der Waals surface area (Å²) in [5.74, 6) is 0.584. The van der Waals surface area contributed by atoms with E-state index in [1.54, 1.807) is 0 Å². The first-order chi connectivity index (χ1) is 26.5. The van der Waals surface area contributed by atoms with Crippen molar-refractivity contribution in [2.24, 2.45) is 0 Å². The second-order valence-corrected chi connectivity index (χ2v) is 14.8. The quantitative estimate of drug-likeness (QED) is 0.180. The van der Waals surface area contributed by atoms with E-state index >= 15 is 0 Å². The first kappa shape index (κ1) is 30.7. The van der Waals surface area contributed by atoms with E-state index in [1.807, 2.05) is 30.3 Å². The van der Waals surface area contributed by atoms with Crippen LogP contribution >= 0.6 is 0 Å². The minimum absolute atomic E-state index is 0.124. The van der Waals surface area contributed by atoms with Crippen LogP contribution in [-0.2, 0) is 5.41 Å². The number of fused-ring (bicyclic) bond motifs is 9. The monoisotopic (exact) mass is 694 g/mol. The molecule has 0 amide bonds. The maximum atomic E-state index is 6.65. The molecule has 10 aromatic rings. The van der Waals surface area contributed by atoms with Crippen molar-refractivity contribution in [2.75, 3.05) is 4.90 Å². The highest BCUT2D eigenvalue weighted by atomic mass is 16.3. The number of rotatable bonds is 5. The summed E-state index contributed by atoms with van der Waals surface area (Å²) in [5, 5.41) is 4.22. The highest BCUT2D eigenvalue weighted by Crippen LogP contribution is 2.51. The fraction of sp³-hybridized carbons (Fsp3) is 0.0600. The molecule has 256 valence electrons. The van der Waals surface area contributed by atoms with Crippen LogP contribution in [-0.4, -0.2) is 4.98 Å². The van der Waals surface area contributed by atoms with Crippen LogP contribution in [0.25, 0.3) is 77.5 Å². The molecule has 0 unspecified atom stereocenters. The van der Waals surface area contributed by atoms with E-state index in [9.17, 15) is 0 Å². The lowest BCUT2D eigenvalue weighted by molar-refractivity contribution is 0.620. The Labute approximate surface area is 312 Å². The summed E-state index contributed by atoms with van der Waals surface area (Å²) in [7, 11) is 0. The molecular formula is C50H34N2O2. The Hall–Kier alpha value is -6.91. The average molecular weight is 695 g/mol. The van der Waals surface area contributed by atoms with Gasteiger partial charge in [0.15, 0.2) is 5.58 Å². The Bertz CT molecular complexity index is 3080. The van der Waals surface area contributed by atoms with Gasteiger partial charge < -0.3 is 13.7 Å². The van der Waals surface area contributed by atoms with E-state index in [0.29, 0.717) is 5.89 Å². The molecule has 1 aliphatic carbocycles. The van der Waals surface area contributed by atoms with E-state index in [2.05, 4.69) is 158 Å². The lowest BCUT2D eigenvalue weighted by Crippen LogP contribution is -2.16. The molecule has 11 rings (SSSR count). The molecule has 0 radical (unpaired) electrons. The maximum absolute atomic E-state index is 6.65. The second kappa shape index (κ2) is 11.5. The van der Waals surface area contributed by atoms with Crippen LogP contribution in [0.2, 0.25) is 0 Å². The van der Waals surface area contributed by atoms with Crippen molar-refractivity contribution in [3.63, 3.8) is 0 Å². The molecule has 4 nitrogen and oxygen atoms in total. The zero-order chi connectivity index (χ0) is 36.0. The Morgan fingerprint density at radius 2 is 1.17 bits per heavy atom. The zero-order valence-electron chi connectivity index (χ0n) is 29.9. The molecule has 2 aromatic heterocycles. The molecule has 2 heterocycles. The number of aromatic nitrogens is 1. The van der Waals surface area contributed by atoms with Crippen molar-refractivity contribution in [3.05, 3.63) is 181 Å². The van der Waals surface area contributed by atoms with Crippen LogP contribution < -0.4 is 4.90 Å². The molecule has 1 aliphatic rings. The van der Waals surface area contributed by atoms with Crippen molar-refractivity contribution >= 4 is 60.9 Å². The van der Waals surface area contributed by atoms with Gasteiger partial charge in [-0.2, -0.15) is 0 Å². The van der Waals surface area contributed by atoms with E-state index in [0.717, 1.165) is 66.4 Å². The van der Waals surface area contributed by atoms with Crippen molar-refractivity contribution < 1.29 is 8.83 Å². The second-order valence-electron chi connectivity index (χ2n) is 14.8. The number of hydrogen-bond donors (Lipinski definition) is 0. The molecule has 0 atom stereocenters. The van der Waals surface area contributed by atoms with E-state index < -0.39 is 0 Å². The number of anilines is 3. The normalized spacial score (nSPS) is 13.1. The van der Waals surface area contributed by atoms with Gasteiger partial charge >= 0.3 is 0 Å². The SMILES string of the molecule is CC1(C)c2ccccc2-c2ccc(N(c3ccc(-c4ccccc4)cc3)c3ccc4c(c3)oc3cccc(-c5nc6c(ccc7ccccc76)o5)c34)cc21. The molecule has 0 aliphatic heterocycles. The predicted octanol–water partition coefficient (Wildman–Crippen LogP) is 14.0. The molecule has 4 heteroatoms. The fourth-order valence-corrected chi connectivity index (χ4v) is 8.62. The third-order valence-electron chi connectivity index (χ3n) is 11.3. The van der Waals surface area contributed by atoms with Crippen molar-refractivity contribution in [1.82, 2.24) is 4.98 Å². The van der Waals surface area contributed by atoms with Crippen LogP contribution in [0.1, 0.15) is 25.0 Å². The molecule has 0 N–H and O–H groups in total. The highest BCUT2D eigenvalue weighted by molar-refractivity contribution is 6.13. The summed E-state index contributed by atoms with van der Waals surface area (Å²) in [6, 6.07) is 60.1. The van der Waals surface area contributed by atoms with Gasteiger partial charge in [-0.05, 0) is 93.4 Å². The number of benzene rings is 8. The lowest BCUT2D eigenvalue weighted by Gasteiger charge is -2.28. The molecule has 0 fully saturated rings. The summed E-state index contributed by atoms with van der Waals surface area (Å²) in [4.78, 5) is 7.38. The summed E-state index contributed by atoms with van der Waals surface area (Å²) in [5.41, 5.74) is 14.9. The molecule has 0 saturated carbocycles. The van der Waals surface area contributed by atoms with Crippen LogP contribution in [0, 0.1) is 0 Å². The third kappa shape index (κ3) is 4.60. The molecule has 0 bridgehead atoms. The summed E-state index contributed by atoms with van der Waals surface area (Å²) in [6.45, 7) is 4.66. The standard InChI is InChI=1S/C50H34N2O2/c1-50(2)42-17-9-8-15-38(42)39-26-24-35(29-43(39)50)52(34-22-19-32(20-23-34)31-11-4-3-5-12-31)36-25-27-40-46(30-36)53-44-18-10-16-41(47(40)44)49-51-48-37-14-7-6-13-33(37)21-28-45(48)54-49/h3-30H,1-2H3. The Balaban J connectivity index is 1.07. The van der Waals surface area contributed by atoms with Gasteiger partial charge in [-0.3, -0.25) is 0 Å². The van der Waals surface area contributed by atoms with Gasteiger partial charge in [-0.25, -0.2) is 4.98 Å². The van der Waals surface area contributed by atoms with Gasteiger partial charge in [-0.15, -0.1) is 0 Å². The minimum atomic E-state index is -0.124. The molecule has 54 heavy (non-hydrogen) atoms. The van der Waals surface area contributed by atoms with Crippen LogP contribution in [0.3, 0.4) is 0 Å². The Morgan fingerprint density at radius 1 is 0.463 bits per heavy atom. The van der Waals surface area contributed by atoms with E-state index in [-0.39, 0.29) is 5.41 Å². The van der Waals surface area contributed by atoms with Crippen LogP contribution in [0.4, 0.5) is 17.1 Å². The van der Waals surface area contributed by atoms with Crippen molar-refractivity contribution in [1.29, 1.82) is 0 Å².